The number of hydrogen-bond donors (Lipinski definition) is 6. The van der Waals surface area contributed by atoms with E-state index in [4.69, 9.17) is 21.7 Å². The Morgan fingerprint density at radius 3 is 2.30 bits per heavy atom. The molecule has 1 heterocycles. The summed E-state index contributed by atoms with van der Waals surface area (Å²) in [5, 5.41) is 22.2. The summed E-state index contributed by atoms with van der Waals surface area (Å²) in [5.41, 5.74) is 10.8. The number of carbonyl (C=O) groups excluding carboxylic acids is 4. The van der Waals surface area contributed by atoms with Gasteiger partial charge in [0.15, 0.2) is 0 Å². The maximum absolute atomic E-state index is 12.9. The van der Waals surface area contributed by atoms with Crippen LogP contribution in [-0.4, -0.2) is 81.4 Å². The van der Waals surface area contributed by atoms with Gasteiger partial charge in [-0.3, -0.25) is 28.8 Å². The molecule has 0 radical (unpaired) electrons. The van der Waals surface area contributed by atoms with Crippen LogP contribution in [0.25, 0.3) is 0 Å². The van der Waals surface area contributed by atoms with Crippen molar-refractivity contribution in [3.8, 4) is 0 Å². The quantitative estimate of drug-likeness (QED) is 0.198. The number of aliphatic carboxylic acids is 2. The van der Waals surface area contributed by atoms with Gasteiger partial charge in [0.2, 0.25) is 23.6 Å². The molecule has 1 aliphatic rings. The molecular formula is C17H27N5O8. The van der Waals surface area contributed by atoms with Crippen molar-refractivity contribution in [3.63, 3.8) is 0 Å². The van der Waals surface area contributed by atoms with Crippen LogP contribution in [0.3, 0.4) is 0 Å². The summed E-state index contributed by atoms with van der Waals surface area (Å²) in [7, 11) is 0. The second kappa shape index (κ2) is 11.1. The normalized spacial score (nSPS) is 18.7. The van der Waals surface area contributed by atoms with Crippen molar-refractivity contribution >= 4 is 35.6 Å². The molecule has 4 amide bonds. The van der Waals surface area contributed by atoms with Crippen molar-refractivity contribution in [2.75, 3.05) is 6.54 Å². The zero-order valence-electron chi connectivity index (χ0n) is 16.5. The minimum atomic E-state index is -1.39. The summed E-state index contributed by atoms with van der Waals surface area (Å²) < 4.78 is 0. The van der Waals surface area contributed by atoms with Gasteiger partial charge in [0.25, 0.3) is 0 Å². The summed E-state index contributed by atoms with van der Waals surface area (Å²) in [5.74, 6) is -5.52. The summed E-state index contributed by atoms with van der Waals surface area (Å²) in [6, 6.07) is -4.75. The SMILES string of the molecule is CC(NC(=O)C1CCCN1C(=O)C(CC(N)=O)NC(=O)C(N)CCC(=O)O)C(=O)O. The third kappa shape index (κ3) is 7.31. The van der Waals surface area contributed by atoms with Crippen LogP contribution in [0, 0.1) is 0 Å². The first-order chi connectivity index (χ1) is 13.9. The Bertz CT molecular complexity index is 712. The highest BCUT2D eigenvalue weighted by Gasteiger charge is 2.39. The lowest BCUT2D eigenvalue weighted by Gasteiger charge is -2.29. The first-order valence-electron chi connectivity index (χ1n) is 9.33. The van der Waals surface area contributed by atoms with E-state index in [2.05, 4.69) is 10.6 Å². The van der Waals surface area contributed by atoms with Crippen molar-refractivity contribution in [1.82, 2.24) is 15.5 Å². The average Bonchev–Trinajstić information content (AvgIpc) is 3.14. The van der Waals surface area contributed by atoms with Crippen LogP contribution in [0.5, 0.6) is 0 Å². The molecule has 168 valence electrons. The molecule has 0 aromatic rings. The number of carbonyl (C=O) groups is 6. The lowest BCUT2D eigenvalue weighted by molar-refractivity contribution is -0.145. The van der Waals surface area contributed by atoms with E-state index in [9.17, 15) is 28.8 Å². The molecule has 1 saturated heterocycles. The third-order valence-electron chi connectivity index (χ3n) is 4.59. The van der Waals surface area contributed by atoms with Gasteiger partial charge >= 0.3 is 11.9 Å². The monoisotopic (exact) mass is 429 g/mol. The molecule has 30 heavy (non-hydrogen) atoms. The fraction of sp³-hybridized carbons (Fsp3) is 0.647. The number of primary amides is 1. The van der Waals surface area contributed by atoms with E-state index in [0.717, 1.165) is 4.90 Å². The molecule has 4 unspecified atom stereocenters. The number of hydrogen-bond acceptors (Lipinski definition) is 7. The van der Waals surface area contributed by atoms with Crippen LogP contribution in [0.2, 0.25) is 0 Å². The Morgan fingerprint density at radius 2 is 1.77 bits per heavy atom. The van der Waals surface area contributed by atoms with E-state index in [0.29, 0.717) is 6.42 Å². The molecular weight excluding hydrogens is 402 g/mol. The summed E-state index contributed by atoms with van der Waals surface area (Å²) in [6.45, 7) is 1.44. The standard InChI is InChI=1S/C17H27N5O8/c1-8(17(29)30)20-15(27)11-3-2-6-22(11)16(28)10(7-12(19)23)21-14(26)9(18)4-5-13(24)25/h8-11H,2-7,18H2,1H3,(H2,19,23)(H,20,27)(H,21,26)(H,24,25)(H,29,30). The van der Waals surface area contributed by atoms with Crippen molar-refractivity contribution < 1.29 is 39.0 Å². The van der Waals surface area contributed by atoms with Crippen molar-refractivity contribution in [3.05, 3.63) is 0 Å². The second-order valence-corrected chi connectivity index (χ2v) is 7.03. The minimum Gasteiger partial charge on any atom is -0.481 e. The predicted octanol–water partition coefficient (Wildman–Crippen LogP) is -2.88. The minimum absolute atomic E-state index is 0.161. The van der Waals surface area contributed by atoms with E-state index < -0.39 is 66.2 Å². The molecule has 13 nitrogen and oxygen atoms in total. The van der Waals surface area contributed by atoms with Gasteiger partial charge in [-0.05, 0) is 26.2 Å². The molecule has 13 heteroatoms. The largest absolute Gasteiger partial charge is 0.481 e. The van der Waals surface area contributed by atoms with Gasteiger partial charge in [-0.2, -0.15) is 0 Å². The lowest BCUT2D eigenvalue weighted by Crippen LogP contribution is -2.57. The molecule has 8 N–H and O–H groups in total. The first-order valence-corrected chi connectivity index (χ1v) is 9.33. The van der Waals surface area contributed by atoms with Gasteiger partial charge in [0.1, 0.15) is 18.1 Å². The van der Waals surface area contributed by atoms with Crippen molar-refractivity contribution in [2.24, 2.45) is 11.5 Å². The molecule has 0 aliphatic carbocycles. The maximum atomic E-state index is 12.9. The number of carboxylic acids is 2. The molecule has 0 aromatic carbocycles. The number of rotatable bonds is 11. The zero-order chi connectivity index (χ0) is 23.0. The van der Waals surface area contributed by atoms with E-state index in [1.54, 1.807) is 0 Å². The van der Waals surface area contributed by atoms with E-state index >= 15 is 0 Å². The van der Waals surface area contributed by atoms with Gasteiger partial charge < -0.3 is 37.2 Å². The van der Waals surface area contributed by atoms with E-state index in [-0.39, 0.29) is 25.8 Å². The van der Waals surface area contributed by atoms with Crippen LogP contribution >= 0.6 is 0 Å². The topological polar surface area (TPSA) is 222 Å². The lowest BCUT2D eigenvalue weighted by atomic mass is 10.1. The Kier molecular flexibility index (Phi) is 9.17. The fourth-order valence-electron chi connectivity index (χ4n) is 2.96. The molecule has 0 saturated carbocycles. The highest BCUT2D eigenvalue weighted by molar-refractivity contribution is 5.96. The Morgan fingerprint density at radius 1 is 1.13 bits per heavy atom. The first kappa shape index (κ1) is 24.8. The molecule has 4 atom stereocenters. The van der Waals surface area contributed by atoms with Gasteiger partial charge in [0.05, 0.1) is 12.5 Å². The summed E-state index contributed by atoms with van der Waals surface area (Å²) >= 11 is 0. The maximum Gasteiger partial charge on any atom is 0.325 e. The second-order valence-electron chi connectivity index (χ2n) is 7.03. The Hall–Kier alpha value is -3.22. The van der Waals surface area contributed by atoms with Crippen molar-refractivity contribution in [2.45, 2.75) is 63.2 Å². The average molecular weight is 429 g/mol. The number of nitrogens with one attached hydrogen (secondary N) is 2. The number of carboxylic acid groups (broad SMARTS) is 2. The molecule has 0 aromatic heterocycles. The summed E-state index contributed by atoms with van der Waals surface area (Å²) in [6.07, 6.45) is -0.355. The molecule has 0 spiro atoms. The van der Waals surface area contributed by atoms with E-state index in [1.165, 1.54) is 6.92 Å². The van der Waals surface area contributed by atoms with Crippen molar-refractivity contribution in [1.29, 1.82) is 0 Å². The molecule has 1 rings (SSSR count). The smallest absolute Gasteiger partial charge is 0.325 e. The predicted molar refractivity (Wildman–Crippen MR) is 101 cm³/mol. The van der Waals surface area contributed by atoms with Crippen LogP contribution in [0.15, 0.2) is 0 Å². The molecule has 1 fully saturated rings. The highest BCUT2D eigenvalue weighted by Crippen LogP contribution is 2.19. The number of nitrogens with zero attached hydrogens (tertiary/aromatic N) is 1. The molecule has 0 bridgehead atoms. The van der Waals surface area contributed by atoms with Crippen LogP contribution in [0.4, 0.5) is 0 Å². The van der Waals surface area contributed by atoms with Gasteiger partial charge in [-0.15, -0.1) is 0 Å². The number of likely N-dealkylation sites (tertiary alicyclic amines) is 1. The van der Waals surface area contributed by atoms with Crippen LogP contribution in [0.1, 0.15) is 39.0 Å². The van der Waals surface area contributed by atoms with E-state index in [1.807, 2.05) is 0 Å². The number of amides is 4. The fourth-order valence-corrected chi connectivity index (χ4v) is 2.96. The summed E-state index contributed by atoms with van der Waals surface area (Å²) in [4.78, 5) is 71.6. The van der Waals surface area contributed by atoms with Gasteiger partial charge in [-0.25, -0.2) is 0 Å². The molecule has 1 aliphatic heterocycles. The van der Waals surface area contributed by atoms with Gasteiger partial charge in [-0.1, -0.05) is 0 Å². The van der Waals surface area contributed by atoms with Gasteiger partial charge in [0, 0.05) is 13.0 Å². The highest BCUT2D eigenvalue weighted by atomic mass is 16.4. The van der Waals surface area contributed by atoms with Crippen LogP contribution in [-0.2, 0) is 28.8 Å². The third-order valence-corrected chi connectivity index (χ3v) is 4.59. The van der Waals surface area contributed by atoms with Crippen LogP contribution < -0.4 is 22.1 Å². The zero-order valence-corrected chi connectivity index (χ0v) is 16.5. The Labute approximate surface area is 172 Å². The number of nitrogens with two attached hydrogens (primary N) is 2. The Balaban J connectivity index is 2.89.